The molecule has 1 amide bonds. The molecule has 29 heavy (non-hydrogen) atoms. The predicted octanol–water partition coefficient (Wildman–Crippen LogP) is 2.45. The number of hydrogen-bond donors (Lipinski definition) is 1. The van der Waals surface area contributed by atoms with Gasteiger partial charge in [-0.1, -0.05) is 72.0 Å². The SMILES string of the molecule is Cc1sc2ccc3ccccc3c2[n+]1CC(=O)Nc1cccc2ccccc12.[Cl-]. The van der Waals surface area contributed by atoms with Crippen LogP contribution in [0, 0.1) is 6.92 Å². The van der Waals surface area contributed by atoms with Gasteiger partial charge in [-0.05, 0) is 29.0 Å². The first-order chi connectivity index (χ1) is 13.7. The lowest BCUT2D eigenvalue weighted by Gasteiger charge is -2.07. The van der Waals surface area contributed by atoms with Gasteiger partial charge in [0.05, 0.1) is 5.39 Å². The number of anilines is 1. The van der Waals surface area contributed by atoms with E-state index in [2.05, 4.69) is 59.3 Å². The minimum atomic E-state index is -0.0166. The number of nitrogens with zero attached hydrogens (tertiary/aromatic N) is 1. The first-order valence-corrected chi connectivity index (χ1v) is 10.1. The topological polar surface area (TPSA) is 33.0 Å². The Labute approximate surface area is 179 Å². The summed E-state index contributed by atoms with van der Waals surface area (Å²) >= 11 is 1.73. The van der Waals surface area contributed by atoms with Crippen molar-refractivity contribution in [3.63, 3.8) is 0 Å². The third-order valence-corrected chi connectivity index (χ3v) is 6.20. The number of fused-ring (bicyclic) bond motifs is 4. The fraction of sp³-hybridized carbons (Fsp3) is 0.0833. The third-order valence-electron chi connectivity index (χ3n) is 5.14. The molecule has 0 saturated carbocycles. The molecule has 1 N–H and O–H groups in total. The van der Waals surface area contributed by atoms with Crippen molar-refractivity contribution >= 4 is 54.7 Å². The zero-order chi connectivity index (χ0) is 19.1. The number of benzene rings is 4. The largest absolute Gasteiger partial charge is 1.00 e. The Morgan fingerprint density at radius 2 is 1.52 bits per heavy atom. The highest BCUT2D eigenvalue weighted by molar-refractivity contribution is 7.18. The van der Waals surface area contributed by atoms with Crippen molar-refractivity contribution in [3.05, 3.63) is 83.9 Å². The molecule has 0 unspecified atom stereocenters. The number of nitrogens with one attached hydrogen (secondary N) is 1. The van der Waals surface area contributed by atoms with E-state index in [4.69, 9.17) is 0 Å². The normalized spacial score (nSPS) is 10.9. The highest BCUT2D eigenvalue weighted by atomic mass is 35.5. The van der Waals surface area contributed by atoms with E-state index in [0.29, 0.717) is 6.54 Å². The average molecular weight is 419 g/mol. The van der Waals surface area contributed by atoms with E-state index in [1.54, 1.807) is 11.3 Å². The number of halogens is 1. The fourth-order valence-electron chi connectivity index (χ4n) is 3.83. The third kappa shape index (κ3) is 3.46. The Morgan fingerprint density at radius 3 is 2.31 bits per heavy atom. The van der Waals surface area contributed by atoms with E-state index in [-0.39, 0.29) is 18.3 Å². The van der Waals surface area contributed by atoms with Gasteiger partial charge < -0.3 is 17.7 Å². The molecule has 0 radical (unpaired) electrons. The fourth-order valence-corrected chi connectivity index (χ4v) is 4.86. The quantitative estimate of drug-likeness (QED) is 0.448. The Morgan fingerprint density at radius 1 is 0.862 bits per heavy atom. The molecule has 3 nitrogen and oxygen atoms in total. The number of rotatable bonds is 3. The van der Waals surface area contributed by atoms with Gasteiger partial charge in [0.2, 0.25) is 17.1 Å². The number of amides is 1. The molecule has 0 atom stereocenters. The van der Waals surface area contributed by atoms with E-state index in [1.807, 2.05) is 36.4 Å². The number of hydrogen-bond acceptors (Lipinski definition) is 2. The summed E-state index contributed by atoms with van der Waals surface area (Å²) in [4.78, 5) is 12.9. The molecule has 4 aromatic carbocycles. The Kier molecular flexibility index (Phi) is 5.22. The molecule has 0 spiro atoms. The van der Waals surface area contributed by atoms with Crippen LogP contribution in [0.15, 0.2) is 78.9 Å². The van der Waals surface area contributed by atoms with Gasteiger partial charge in [0, 0.05) is 18.0 Å². The van der Waals surface area contributed by atoms with Crippen molar-refractivity contribution in [1.29, 1.82) is 0 Å². The van der Waals surface area contributed by atoms with Gasteiger partial charge in [-0.25, -0.2) is 0 Å². The number of aryl methyl sites for hydroxylation is 1. The smallest absolute Gasteiger partial charge is 0.290 e. The van der Waals surface area contributed by atoms with Crippen molar-refractivity contribution in [2.45, 2.75) is 13.5 Å². The molecule has 0 aliphatic carbocycles. The van der Waals surface area contributed by atoms with Gasteiger partial charge in [-0.15, -0.1) is 0 Å². The van der Waals surface area contributed by atoms with Crippen LogP contribution in [0.3, 0.4) is 0 Å². The maximum atomic E-state index is 12.9. The van der Waals surface area contributed by atoms with Gasteiger partial charge in [-0.3, -0.25) is 4.79 Å². The molecule has 144 valence electrons. The Balaban J connectivity index is 0.00000205. The molecule has 0 aliphatic heterocycles. The molecule has 0 bridgehead atoms. The summed E-state index contributed by atoms with van der Waals surface area (Å²) in [5.41, 5.74) is 1.99. The van der Waals surface area contributed by atoms with E-state index in [1.165, 1.54) is 15.5 Å². The van der Waals surface area contributed by atoms with Gasteiger partial charge in [-0.2, -0.15) is 4.57 Å². The number of carbonyl (C=O) groups excluding carboxylic acids is 1. The standard InChI is InChI=1S/C24H18N2OS.ClH/c1-16-26(24-20-11-5-3-8-18(20)13-14-22(24)28-16)15-23(27)25-21-12-6-9-17-7-2-4-10-19(17)21;/h2-14H,15H2,1H3;1H. The summed E-state index contributed by atoms with van der Waals surface area (Å²) in [5, 5.41) is 8.78. The summed E-state index contributed by atoms with van der Waals surface area (Å²) in [5.74, 6) is -0.0166. The van der Waals surface area contributed by atoms with E-state index >= 15 is 0 Å². The first-order valence-electron chi connectivity index (χ1n) is 9.29. The maximum Gasteiger partial charge on any atom is 0.290 e. The van der Waals surface area contributed by atoms with Crippen LogP contribution in [-0.2, 0) is 11.3 Å². The Hall–Kier alpha value is -2.95. The highest BCUT2D eigenvalue weighted by Crippen LogP contribution is 2.28. The van der Waals surface area contributed by atoms with Crippen molar-refractivity contribution in [1.82, 2.24) is 0 Å². The average Bonchev–Trinajstić information content (AvgIpc) is 3.04. The number of thiazole rings is 1. The van der Waals surface area contributed by atoms with Crippen LogP contribution in [0.25, 0.3) is 31.8 Å². The Bertz CT molecular complexity index is 1350. The summed E-state index contributed by atoms with van der Waals surface area (Å²) in [6, 6.07) is 26.7. The second kappa shape index (κ2) is 7.82. The number of carbonyl (C=O) groups is 1. The lowest BCUT2D eigenvalue weighted by atomic mass is 10.1. The first kappa shape index (κ1) is 19.4. The molecule has 0 saturated heterocycles. The molecule has 1 heterocycles. The lowest BCUT2D eigenvalue weighted by molar-refractivity contribution is -0.658. The molecular weight excluding hydrogens is 400 g/mol. The van der Waals surface area contributed by atoms with Crippen LogP contribution in [0.4, 0.5) is 5.69 Å². The molecule has 5 rings (SSSR count). The van der Waals surface area contributed by atoms with Gasteiger partial charge in [0.15, 0.2) is 0 Å². The van der Waals surface area contributed by atoms with E-state index in [0.717, 1.165) is 27.0 Å². The summed E-state index contributed by atoms with van der Waals surface area (Å²) < 4.78 is 3.33. The predicted molar refractivity (Wildman–Crippen MR) is 117 cm³/mol. The molecule has 0 fully saturated rings. The van der Waals surface area contributed by atoms with Gasteiger partial charge in [0.1, 0.15) is 4.70 Å². The van der Waals surface area contributed by atoms with Crippen molar-refractivity contribution < 1.29 is 21.8 Å². The van der Waals surface area contributed by atoms with Gasteiger partial charge >= 0.3 is 0 Å². The molecular formula is C24H19ClN2OS. The van der Waals surface area contributed by atoms with Crippen LogP contribution in [0.1, 0.15) is 5.01 Å². The summed E-state index contributed by atoms with van der Waals surface area (Å²) in [6.07, 6.45) is 0. The van der Waals surface area contributed by atoms with Crippen LogP contribution < -0.4 is 22.3 Å². The molecule has 5 heteroatoms. The molecule has 1 aromatic heterocycles. The number of aromatic nitrogens is 1. The van der Waals surface area contributed by atoms with Crippen molar-refractivity contribution in [2.75, 3.05) is 5.32 Å². The highest BCUT2D eigenvalue weighted by Gasteiger charge is 2.22. The summed E-state index contributed by atoms with van der Waals surface area (Å²) in [7, 11) is 0. The van der Waals surface area contributed by atoms with E-state index < -0.39 is 0 Å². The van der Waals surface area contributed by atoms with Crippen molar-refractivity contribution in [3.8, 4) is 0 Å². The van der Waals surface area contributed by atoms with Gasteiger partial charge in [0.25, 0.3) is 5.91 Å². The minimum Gasteiger partial charge on any atom is -1.00 e. The van der Waals surface area contributed by atoms with Crippen LogP contribution >= 0.6 is 11.3 Å². The van der Waals surface area contributed by atoms with Crippen LogP contribution in [0.5, 0.6) is 0 Å². The van der Waals surface area contributed by atoms with Crippen molar-refractivity contribution in [2.24, 2.45) is 0 Å². The zero-order valence-corrected chi connectivity index (χ0v) is 17.4. The molecule has 0 aliphatic rings. The molecule has 5 aromatic rings. The van der Waals surface area contributed by atoms with Crippen LogP contribution in [-0.4, -0.2) is 5.91 Å². The van der Waals surface area contributed by atoms with E-state index in [9.17, 15) is 4.79 Å². The maximum absolute atomic E-state index is 12.9. The zero-order valence-electron chi connectivity index (χ0n) is 15.9. The second-order valence-electron chi connectivity index (χ2n) is 6.92. The second-order valence-corrected chi connectivity index (χ2v) is 8.15. The lowest BCUT2D eigenvalue weighted by Crippen LogP contribution is -3.00. The van der Waals surface area contributed by atoms with Crippen LogP contribution in [0.2, 0.25) is 0 Å². The monoisotopic (exact) mass is 418 g/mol. The summed E-state index contributed by atoms with van der Waals surface area (Å²) in [6.45, 7) is 2.37. The minimum absolute atomic E-state index is 0.